The lowest BCUT2D eigenvalue weighted by atomic mass is 9.91. The van der Waals surface area contributed by atoms with Gasteiger partial charge in [-0.05, 0) is 37.5 Å². The maximum absolute atomic E-state index is 11.8. The van der Waals surface area contributed by atoms with E-state index >= 15 is 0 Å². The lowest BCUT2D eigenvalue weighted by molar-refractivity contribution is -0.122. The number of aromatic nitrogens is 1. The molecule has 1 aromatic heterocycles. The summed E-state index contributed by atoms with van der Waals surface area (Å²) in [7, 11) is 0. The first-order valence-electron chi connectivity index (χ1n) is 6.85. The fourth-order valence-electron chi connectivity index (χ4n) is 3.09. The Kier molecular flexibility index (Phi) is 3.14. The van der Waals surface area contributed by atoms with Crippen LogP contribution in [0.2, 0.25) is 0 Å². The SMILES string of the molecule is CC(O)c1ccnc(N2CCCC3C(=O)NCC32)c1. The molecule has 3 atom stereocenters. The van der Waals surface area contributed by atoms with E-state index in [9.17, 15) is 9.90 Å². The number of carbonyl (C=O) groups is 1. The van der Waals surface area contributed by atoms with Crippen LogP contribution in [0.3, 0.4) is 0 Å². The van der Waals surface area contributed by atoms with Crippen LogP contribution in [0.1, 0.15) is 31.4 Å². The molecule has 3 unspecified atom stereocenters. The second kappa shape index (κ2) is 4.81. The highest BCUT2D eigenvalue weighted by atomic mass is 16.3. The number of nitrogens with one attached hydrogen (secondary N) is 1. The van der Waals surface area contributed by atoms with Crippen molar-refractivity contribution in [1.82, 2.24) is 10.3 Å². The van der Waals surface area contributed by atoms with Gasteiger partial charge < -0.3 is 15.3 Å². The van der Waals surface area contributed by atoms with Crippen LogP contribution < -0.4 is 10.2 Å². The van der Waals surface area contributed by atoms with E-state index in [0.717, 1.165) is 30.8 Å². The van der Waals surface area contributed by atoms with E-state index in [1.807, 2.05) is 12.1 Å². The summed E-state index contributed by atoms with van der Waals surface area (Å²) < 4.78 is 0. The highest BCUT2D eigenvalue weighted by Crippen LogP contribution is 2.31. The van der Waals surface area contributed by atoms with Gasteiger partial charge in [0.1, 0.15) is 5.82 Å². The number of aliphatic hydroxyl groups excluding tert-OH is 1. The van der Waals surface area contributed by atoms with Crippen LogP contribution in [0, 0.1) is 5.92 Å². The van der Waals surface area contributed by atoms with Gasteiger partial charge in [0.2, 0.25) is 5.91 Å². The maximum Gasteiger partial charge on any atom is 0.225 e. The molecule has 19 heavy (non-hydrogen) atoms. The maximum atomic E-state index is 11.8. The summed E-state index contributed by atoms with van der Waals surface area (Å²) in [4.78, 5) is 18.4. The van der Waals surface area contributed by atoms with Crippen molar-refractivity contribution in [2.75, 3.05) is 18.0 Å². The van der Waals surface area contributed by atoms with E-state index in [1.54, 1.807) is 13.1 Å². The molecule has 2 fully saturated rings. The van der Waals surface area contributed by atoms with Crippen molar-refractivity contribution in [2.45, 2.75) is 31.9 Å². The molecule has 0 aromatic carbocycles. The fraction of sp³-hybridized carbons (Fsp3) is 0.571. The number of piperidine rings is 1. The highest BCUT2D eigenvalue weighted by Gasteiger charge is 2.41. The molecule has 0 bridgehead atoms. The number of fused-ring (bicyclic) bond motifs is 1. The zero-order valence-electron chi connectivity index (χ0n) is 11.0. The Morgan fingerprint density at radius 3 is 3.21 bits per heavy atom. The van der Waals surface area contributed by atoms with E-state index in [1.165, 1.54) is 0 Å². The number of anilines is 1. The molecule has 0 spiro atoms. The molecule has 0 aliphatic carbocycles. The Morgan fingerprint density at radius 1 is 1.58 bits per heavy atom. The second-order valence-corrected chi connectivity index (χ2v) is 5.38. The molecule has 1 aromatic rings. The minimum atomic E-state index is -0.495. The molecule has 0 saturated carbocycles. The number of rotatable bonds is 2. The van der Waals surface area contributed by atoms with E-state index in [2.05, 4.69) is 15.2 Å². The molecule has 2 saturated heterocycles. The molecular weight excluding hydrogens is 242 g/mol. The molecule has 5 nitrogen and oxygen atoms in total. The van der Waals surface area contributed by atoms with E-state index in [0.29, 0.717) is 6.54 Å². The third-order valence-corrected chi connectivity index (χ3v) is 4.15. The number of pyridine rings is 1. The zero-order chi connectivity index (χ0) is 13.4. The average molecular weight is 261 g/mol. The molecule has 3 rings (SSSR count). The van der Waals surface area contributed by atoms with E-state index in [4.69, 9.17) is 0 Å². The smallest absolute Gasteiger partial charge is 0.225 e. The number of aliphatic hydroxyl groups is 1. The van der Waals surface area contributed by atoms with Gasteiger partial charge in [-0.25, -0.2) is 4.98 Å². The molecule has 102 valence electrons. The summed E-state index contributed by atoms with van der Waals surface area (Å²) in [5.41, 5.74) is 0.865. The van der Waals surface area contributed by atoms with Crippen LogP contribution >= 0.6 is 0 Å². The minimum absolute atomic E-state index is 0.0887. The Balaban J connectivity index is 1.88. The van der Waals surface area contributed by atoms with E-state index in [-0.39, 0.29) is 17.9 Å². The molecule has 2 N–H and O–H groups in total. The highest BCUT2D eigenvalue weighted by molar-refractivity contribution is 5.83. The molecule has 5 heteroatoms. The lowest BCUT2D eigenvalue weighted by Gasteiger charge is -2.37. The average Bonchev–Trinajstić information content (AvgIpc) is 2.81. The third kappa shape index (κ3) is 2.18. The summed E-state index contributed by atoms with van der Waals surface area (Å²) >= 11 is 0. The summed E-state index contributed by atoms with van der Waals surface area (Å²) in [6.45, 7) is 3.37. The minimum Gasteiger partial charge on any atom is -0.389 e. The van der Waals surface area contributed by atoms with Crippen molar-refractivity contribution in [2.24, 2.45) is 5.92 Å². The number of amides is 1. The van der Waals surface area contributed by atoms with Crippen LogP contribution in [-0.4, -0.2) is 35.1 Å². The summed E-state index contributed by atoms with van der Waals surface area (Å²) in [6.07, 6.45) is 3.20. The van der Waals surface area contributed by atoms with Crippen LogP contribution in [-0.2, 0) is 4.79 Å². The lowest BCUT2D eigenvalue weighted by Crippen LogP contribution is -2.46. The number of hydrogen-bond acceptors (Lipinski definition) is 4. The van der Waals surface area contributed by atoms with Gasteiger partial charge in [-0.1, -0.05) is 0 Å². The first-order chi connectivity index (χ1) is 9.16. The predicted octanol–water partition coefficient (Wildman–Crippen LogP) is 0.850. The van der Waals surface area contributed by atoms with Gasteiger partial charge in [0.25, 0.3) is 0 Å². The quantitative estimate of drug-likeness (QED) is 0.828. The van der Waals surface area contributed by atoms with Crippen molar-refractivity contribution in [3.8, 4) is 0 Å². The van der Waals surface area contributed by atoms with Crippen molar-refractivity contribution in [1.29, 1.82) is 0 Å². The largest absolute Gasteiger partial charge is 0.389 e. The Hall–Kier alpha value is -1.62. The van der Waals surface area contributed by atoms with Gasteiger partial charge in [0.15, 0.2) is 0 Å². The molecule has 3 heterocycles. The Bertz CT molecular complexity index is 489. The predicted molar refractivity (Wildman–Crippen MR) is 71.7 cm³/mol. The summed E-state index contributed by atoms with van der Waals surface area (Å²) in [5, 5.41) is 12.6. The first-order valence-corrected chi connectivity index (χ1v) is 6.85. The van der Waals surface area contributed by atoms with Gasteiger partial charge in [-0.2, -0.15) is 0 Å². The second-order valence-electron chi connectivity index (χ2n) is 5.38. The normalized spacial score (nSPS) is 27.9. The summed E-state index contributed by atoms with van der Waals surface area (Å²) in [6, 6.07) is 3.96. The number of nitrogens with zero attached hydrogens (tertiary/aromatic N) is 2. The Morgan fingerprint density at radius 2 is 2.42 bits per heavy atom. The molecule has 2 aliphatic heterocycles. The first kappa shape index (κ1) is 12.4. The van der Waals surface area contributed by atoms with Crippen molar-refractivity contribution < 1.29 is 9.90 Å². The monoisotopic (exact) mass is 261 g/mol. The van der Waals surface area contributed by atoms with Crippen LogP contribution in [0.4, 0.5) is 5.82 Å². The number of carbonyl (C=O) groups excluding carboxylic acids is 1. The van der Waals surface area contributed by atoms with Gasteiger partial charge in [0, 0.05) is 19.3 Å². The van der Waals surface area contributed by atoms with Crippen molar-refractivity contribution in [3.63, 3.8) is 0 Å². The molecular formula is C14H19N3O2. The number of hydrogen-bond donors (Lipinski definition) is 2. The van der Waals surface area contributed by atoms with Crippen molar-refractivity contribution >= 4 is 11.7 Å². The fourth-order valence-corrected chi connectivity index (χ4v) is 3.09. The topological polar surface area (TPSA) is 65.5 Å². The van der Waals surface area contributed by atoms with Gasteiger partial charge in [0.05, 0.1) is 18.1 Å². The Labute approximate surface area is 112 Å². The van der Waals surface area contributed by atoms with Crippen LogP contribution in [0.5, 0.6) is 0 Å². The van der Waals surface area contributed by atoms with Gasteiger partial charge >= 0.3 is 0 Å². The standard InChI is InChI=1S/C14H19N3O2/c1-9(18)10-4-5-15-13(7-10)17-6-2-3-11-12(17)8-16-14(11)19/h4-5,7,9,11-12,18H,2-3,6,8H2,1H3,(H,16,19). The van der Waals surface area contributed by atoms with E-state index < -0.39 is 6.10 Å². The van der Waals surface area contributed by atoms with Crippen LogP contribution in [0.25, 0.3) is 0 Å². The zero-order valence-corrected chi connectivity index (χ0v) is 11.0. The third-order valence-electron chi connectivity index (χ3n) is 4.15. The molecule has 2 aliphatic rings. The summed E-state index contributed by atoms with van der Waals surface area (Å²) in [5.74, 6) is 1.12. The van der Waals surface area contributed by atoms with Crippen LogP contribution in [0.15, 0.2) is 18.3 Å². The van der Waals surface area contributed by atoms with Gasteiger partial charge in [-0.3, -0.25) is 4.79 Å². The van der Waals surface area contributed by atoms with Gasteiger partial charge in [-0.15, -0.1) is 0 Å². The van der Waals surface area contributed by atoms with Crippen molar-refractivity contribution in [3.05, 3.63) is 23.9 Å². The molecule has 1 amide bonds. The molecule has 0 radical (unpaired) electrons.